The summed E-state index contributed by atoms with van der Waals surface area (Å²) >= 11 is 0. The molecule has 0 heterocycles. The minimum atomic E-state index is 0. The number of carbonyl (C=O) groups excluding carboxylic acids is 1. The van der Waals surface area contributed by atoms with E-state index in [0.717, 1.165) is 0 Å². The van der Waals surface area contributed by atoms with Crippen LogP contribution in [0.1, 0.15) is 11.1 Å². The van der Waals surface area contributed by atoms with Gasteiger partial charge in [0.05, 0.1) is 11.6 Å². The monoisotopic (exact) mass is 433 g/mol. The van der Waals surface area contributed by atoms with E-state index in [4.69, 9.17) is 0 Å². The normalized spacial score (nSPS) is 10.6. The third-order valence-electron chi connectivity index (χ3n) is 2.41. The Morgan fingerprint density at radius 1 is 0.833 bits per heavy atom. The van der Waals surface area contributed by atoms with Crippen LogP contribution in [0.4, 0.5) is 0 Å². The Bertz CT molecular complexity index is 533. The van der Waals surface area contributed by atoms with E-state index in [1.54, 1.807) is 24.3 Å². The first-order valence-electron chi connectivity index (χ1n) is 5.35. The largest absolute Gasteiger partial charge is 0.507 e. The van der Waals surface area contributed by atoms with Gasteiger partial charge in [-0.15, -0.1) is 0 Å². The molecule has 3 heteroatoms. The number of aliphatic hydroxyl groups excluding tert-OH is 1. The van der Waals surface area contributed by atoms with Crippen molar-refractivity contribution in [3.8, 4) is 0 Å². The summed E-state index contributed by atoms with van der Waals surface area (Å²) in [7, 11) is 0. The topological polar surface area (TPSA) is 41.6 Å². The zero-order chi connectivity index (χ0) is 12.1. The fraction of sp³-hybridized carbons (Fsp3) is 0. The van der Waals surface area contributed by atoms with Crippen LogP contribution in [0.25, 0.3) is 5.76 Å². The molecule has 2 nitrogen and oxygen atoms in total. The average molecular weight is 432 g/mol. The van der Waals surface area contributed by atoms with Gasteiger partial charge in [-0.1, -0.05) is 48.5 Å². The SMILES string of the molecule is O/C(=C\C(=[OH+])c1ccccc1)c1ccccc1.[Pb]. The molecule has 0 aromatic heterocycles. The zero-order valence-electron chi connectivity index (χ0n) is 9.75. The summed E-state index contributed by atoms with van der Waals surface area (Å²) in [6, 6.07) is 18.2. The Morgan fingerprint density at radius 2 is 1.28 bits per heavy atom. The first kappa shape index (κ1) is 14.6. The number of rotatable bonds is 3. The van der Waals surface area contributed by atoms with E-state index < -0.39 is 0 Å². The van der Waals surface area contributed by atoms with Crippen molar-refractivity contribution in [2.45, 2.75) is 0 Å². The van der Waals surface area contributed by atoms with Crippen LogP contribution in [-0.4, -0.2) is 43.0 Å². The third kappa shape index (κ3) is 3.80. The van der Waals surface area contributed by atoms with Crippen LogP contribution in [0.15, 0.2) is 66.7 Å². The smallest absolute Gasteiger partial charge is 0.350 e. The molecule has 0 amide bonds. The van der Waals surface area contributed by atoms with Crippen molar-refractivity contribution >= 4 is 38.8 Å². The predicted molar refractivity (Wildman–Crippen MR) is 75.3 cm³/mol. The molecule has 2 N–H and O–H groups in total. The Hall–Kier alpha value is -1.43. The van der Waals surface area contributed by atoms with Gasteiger partial charge in [0.1, 0.15) is 5.76 Å². The van der Waals surface area contributed by atoms with Gasteiger partial charge in [0.2, 0.25) is 0 Å². The van der Waals surface area contributed by atoms with Crippen LogP contribution < -0.4 is 0 Å². The quantitative estimate of drug-likeness (QED) is 0.262. The van der Waals surface area contributed by atoms with E-state index in [2.05, 4.69) is 0 Å². The molecule has 0 saturated carbocycles. The number of benzene rings is 2. The fourth-order valence-corrected chi connectivity index (χ4v) is 1.51. The Balaban J connectivity index is 0.00000162. The summed E-state index contributed by atoms with van der Waals surface area (Å²) < 4.78 is 0. The number of allylic oxidation sites excluding steroid dienone is 1. The van der Waals surface area contributed by atoms with Crippen LogP contribution in [0, 0.1) is 0 Å². The molecule has 0 saturated heterocycles. The minimum Gasteiger partial charge on any atom is -0.507 e. The van der Waals surface area contributed by atoms with Crippen molar-refractivity contribution in [1.82, 2.24) is 0 Å². The summed E-state index contributed by atoms with van der Waals surface area (Å²) in [5, 5.41) is 9.83. The fourth-order valence-electron chi connectivity index (χ4n) is 1.51. The van der Waals surface area contributed by atoms with Crippen molar-refractivity contribution < 1.29 is 9.90 Å². The second kappa shape index (κ2) is 7.11. The number of aliphatic hydroxyl groups is 1. The molecule has 0 spiro atoms. The van der Waals surface area contributed by atoms with E-state index in [0.29, 0.717) is 11.1 Å². The molecule has 0 aliphatic rings. The molecular formula is C15H13O2Pb+. The molecule has 0 aliphatic heterocycles. The van der Waals surface area contributed by atoms with Gasteiger partial charge in [-0.05, 0) is 12.1 Å². The van der Waals surface area contributed by atoms with E-state index in [1.807, 2.05) is 36.4 Å². The van der Waals surface area contributed by atoms with Gasteiger partial charge in [-0.2, -0.15) is 0 Å². The number of hydrogen-bond donors (Lipinski definition) is 1. The molecule has 88 valence electrons. The number of ketones is 1. The summed E-state index contributed by atoms with van der Waals surface area (Å²) in [4.78, 5) is 9.83. The van der Waals surface area contributed by atoms with Crippen molar-refractivity contribution in [2.24, 2.45) is 0 Å². The zero-order valence-corrected chi connectivity index (χ0v) is 13.6. The van der Waals surface area contributed by atoms with Crippen LogP contribution in [0.2, 0.25) is 0 Å². The van der Waals surface area contributed by atoms with Gasteiger partial charge in [0, 0.05) is 32.9 Å². The Labute approximate surface area is 126 Å². The second-order valence-electron chi connectivity index (χ2n) is 3.65. The Morgan fingerprint density at radius 3 is 1.78 bits per heavy atom. The van der Waals surface area contributed by atoms with Gasteiger partial charge in [0.25, 0.3) is 0 Å². The maximum Gasteiger partial charge on any atom is 0.350 e. The predicted octanol–water partition coefficient (Wildman–Crippen LogP) is 2.80. The molecule has 2 rings (SSSR count). The van der Waals surface area contributed by atoms with Gasteiger partial charge in [-0.25, -0.2) is 0 Å². The van der Waals surface area contributed by atoms with Gasteiger partial charge in [-0.3, -0.25) is 4.79 Å². The van der Waals surface area contributed by atoms with E-state index in [9.17, 15) is 9.90 Å². The van der Waals surface area contributed by atoms with Crippen molar-refractivity contribution in [1.29, 1.82) is 0 Å². The average Bonchev–Trinajstić information content (AvgIpc) is 2.40. The first-order valence-corrected chi connectivity index (χ1v) is 5.35. The first-order chi connectivity index (χ1) is 8.27. The summed E-state index contributed by atoms with van der Waals surface area (Å²) in [5.41, 5.74) is 1.35. The van der Waals surface area contributed by atoms with Crippen LogP contribution in [0.3, 0.4) is 0 Å². The third-order valence-corrected chi connectivity index (χ3v) is 2.41. The van der Waals surface area contributed by atoms with Gasteiger partial charge in [0.15, 0.2) is 0 Å². The van der Waals surface area contributed by atoms with Crippen molar-refractivity contribution in [2.75, 3.05) is 0 Å². The molecule has 2 aromatic rings. The molecule has 0 unspecified atom stereocenters. The van der Waals surface area contributed by atoms with Crippen LogP contribution >= 0.6 is 0 Å². The minimum absolute atomic E-state index is 0. The molecule has 4 radical (unpaired) electrons. The summed E-state index contributed by atoms with van der Waals surface area (Å²) in [6.45, 7) is 0. The van der Waals surface area contributed by atoms with Gasteiger partial charge >= 0.3 is 5.78 Å². The molecule has 18 heavy (non-hydrogen) atoms. The van der Waals surface area contributed by atoms with E-state index in [-0.39, 0.29) is 38.8 Å². The van der Waals surface area contributed by atoms with Crippen molar-refractivity contribution in [3.05, 3.63) is 77.9 Å². The number of hydrogen-bond acceptors (Lipinski definition) is 1. The maximum atomic E-state index is 9.83. The van der Waals surface area contributed by atoms with E-state index >= 15 is 0 Å². The summed E-state index contributed by atoms with van der Waals surface area (Å²) in [5.74, 6) is 0.0962. The molecule has 2 aromatic carbocycles. The van der Waals surface area contributed by atoms with Crippen LogP contribution in [-0.2, 0) is 0 Å². The van der Waals surface area contributed by atoms with Gasteiger partial charge < -0.3 is 5.11 Å². The Kier molecular flexibility index (Phi) is 5.78. The van der Waals surface area contributed by atoms with Crippen molar-refractivity contribution in [3.63, 3.8) is 0 Å². The molecule has 0 aliphatic carbocycles. The summed E-state index contributed by atoms with van der Waals surface area (Å²) in [6.07, 6.45) is 1.35. The van der Waals surface area contributed by atoms with E-state index in [1.165, 1.54) is 6.08 Å². The second-order valence-corrected chi connectivity index (χ2v) is 3.65. The molecular weight excluding hydrogens is 419 g/mol. The molecule has 0 atom stereocenters. The standard InChI is InChI=1S/C15H12O2.Pb/c16-14(12-7-3-1-4-8-12)11-15(17)13-9-5-2-6-10-13;/h1-11,16H;/p+1/b14-11-;. The molecule has 0 bridgehead atoms. The molecule has 0 fully saturated rings. The van der Waals surface area contributed by atoms with Crippen LogP contribution in [0.5, 0.6) is 0 Å². The maximum absolute atomic E-state index is 9.83.